The molecule has 1 aliphatic rings. The molecule has 3 rings (SSSR count). The molecule has 0 radical (unpaired) electrons. The number of aromatic nitrogens is 2. The molecule has 5 nitrogen and oxygen atoms in total. The first kappa shape index (κ1) is 16.7. The molecular weight excluding hydrogens is 388 g/mol. The van der Waals surface area contributed by atoms with E-state index in [-0.39, 0.29) is 34.3 Å². The second kappa shape index (κ2) is 6.38. The molecule has 0 aliphatic heterocycles. The molecule has 1 saturated carbocycles. The standard InChI is InChI=1S/C15H13F3N4OSe/c16-15(17,18)24-13-10(3-2-8-20-14(23)9-6-7-9)21-22-11(13)4-1-5-12(22)19/h1,4-5,9H,6-8,19H2,(H,20,23). The summed E-state index contributed by atoms with van der Waals surface area (Å²) >= 11 is -1.79. The van der Waals surface area contributed by atoms with Gasteiger partial charge in [0.15, 0.2) is 0 Å². The zero-order valence-corrected chi connectivity index (χ0v) is 14.1. The second-order valence-corrected chi connectivity index (χ2v) is 7.52. The summed E-state index contributed by atoms with van der Waals surface area (Å²) in [6.45, 7) is 0.0805. The number of rotatable bonds is 3. The first-order valence-electron chi connectivity index (χ1n) is 7.15. The third-order valence-corrected chi connectivity index (χ3v) is 5.12. The molecular formula is C15H13F3N4OSe. The van der Waals surface area contributed by atoms with Crippen LogP contribution in [0.5, 0.6) is 0 Å². The maximum absolute atomic E-state index is 12.9. The van der Waals surface area contributed by atoms with Gasteiger partial charge < -0.3 is 0 Å². The van der Waals surface area contributed by atoms with E-state index >= 15 is 0 Å². The number of fused-ring (bicyclic) bond motifs is 1. The second-order valence-electron chi connectivity index (χ2n) is 5.27. The number of amides is 1. The minimum absolute atomic E-state index is 0.0447. The zero-order valence-electron chi connectivity index (χ0n) is 12.4. The number of nitrogens with two attached hydrogens (primary N) is 1. The van der Waals surface area contributed by atoms with E-state index in [9.17, 15) is 18.0 Å². The summed E-state index contributed by atoms with van der Waals surface area (Å²) in [5.74, 6) is 5.53. The van der Waals surface area contributed by atoms with Crippen LogP contribution in [-0.4, -0.2) is 42.1 Å². The number of hydrogen-bond acceptors (Lipinski definition) is 3. The van der Waals surface area contributed by atoms with Crippen molar-refractivity contribution in [3.63, 3.8) is 0 Å². The van der Waals surface area contributed by atoms with E-state index in [1.165, 1.54) is 10.6 Å². The number of hydrogen-bond donors (Lipinski definition) is 2. The Bertz CT molecular complexity index is 846. The molecule has 0 spiro atoms. The molecule has 0 unspecified atom stereocenters. The van der Waals surface area contributed by atoms with Gasteiger partial charge in [0.25, 0.3) is 0 Å². The summed E-state index contributed by atoms with van der Waals surface area (Å²) in [5, 5.41) is 2.40. The van der Waals surface area contributed by atoms with Crippen LogP contribution >= 0.6 is 0 Å². The summed E-state index contributed by atoms with van der Waals surface area (Å²) in [5.41, 5.74) is 6.11. The fraction of sp³-hybridized carbons (Fsp3) is 0.333. The molecule has 1 fully saturated rings. The number of nitrogens with zero attached hydrogens (tertiary/aromatic N) is 2. The van der Waals surface area contributed by atoms with Crippen molar-refractivity contribution in [2.45, 2.75) is 17.9 Å². The van der Waals surface area contributed by atoms with Gasteiger partial charge in [-0.2, -0.15) is 0 Å². The SMILES string of the molecule is Nc1cccc2c([Se]C(F)(F)F)c(C#CCNC(=O)C3CC3)nn12. The van der Waals surface area contributed by atoms with Crippen LogP contribution in [0, 0.1) is 17.8 Å². The molecule has 9 heteroatoms. The fourth-order valence-corrected chi connectivity index (χ4v) is 3.54. The normalized spacial score (nSPS) is 14.3. The number of halogens is 3. The number of pyridine rings is 1. The van der Waals surface area contributed by atoms with Crippen molar-refractivity contribution in [2.24, 2.45) is 5.92 Å². The molecule has 24 heavy (non-hydrogen) atoms. The first-order valence-corrected chi connectivity index (χ1v) is 8.86. The molecule has 2 aromatic heterocycles. The molecule has 2 heterocycles. The van der Waals surface area contributed by atoms with E-state index in [4.69, 9.17) is 5.73 Å². The van der Waals surface area contributed by atoms with Gasteiger partial charge in [0, 0.05) is 0 Å². The molecule has 0 saturated heterocycles. The predicted molar refractivity (Wildman–Crippen MR) is 83.7 cm³/mol. The third-order valence-electron chi connectivity index (χ3n) is 3.37. The van der Waals surface area contributed by atoms with Crippen molar-refractivity contribution in [1.29, 1.82) is 0 Å². The van der Waals surface area contributed by atoms with Gasteiger partial charge in [-0.05, 0) is 0 Å². The molecule has 0 atom stereocenters. The number of nitrogens with one attached hydrogen (secondary N) is 1. The van der Waals surface area contributed by atoms with Crippen LogP contribution in [-0.2, 0) is 4.79 Å². The quantitative estimate of drug-likeness (QED) is 0.586. The van der Waals surface area contributed by atoms with Gasteiger partial charge in [-0.15, -0.1) is 0 Å². The fourth-order valence-electron chi connectivity index (χ4n) is 2.12. The maximum atomic E-state index is 12.9. The number of carbonyl (C=O) groups is 1. The topological polar surface area (TPSA) is 72.4 Å². The average molecular weight is 401 g/mol. The summed E-state index contributed by atoms with van der Waals surface area (Å²) in [6.07, 6.45) is 1.76. The Balaban J connectivity index is 1.87. The summed E-state index contributed by atoms with van der Waals surface area (Å²) in [4.78, 5) is 11.5. The van der Waals surface area contributed by atoms with Crippen LogP contribution in [0.3, 0.4) is 0 Å². The number of nitrogen functional groups attached to an aromatic ring is 1. The molecule has 3 N–H and O–H groups in total. The summed E-state index contributed by atoms with van der Waals surface area (Å²) in [7, 11) is 0. The van der Waals surface area contributed by atoms with Crippen molar-refractivity contribution < 1.29 is 18.0 Å². The van der Waals surface area contributed by atoms with Crippen LogP contribution in [0.15, 0.2) is 18.2 Å². The molecule has 0 bridgehead atoms. The summed E-state index contributed by atoms with van der Waals surface area (Å²) < 4.78 is 39.9. The van der Waals surface area contributed by atoms with E-state index in [2.05, 4.69) is 22.3 Å². The average Bonchev–Trinajstić information content (AvgIpc) is 3.28. The molecule has 1 aliphatic carbocycles. The molecule has 0 aromatic carbocycles. The van der Waals surface area contributed by atoms with E-state index in [0.29, 0.717) is 5.52 Å². The molecule has 2 aromatic rings. The first-order chi connectivity index (χ1) is 11.3. The Kier molecular flexibility index (Phi) is 4.43. The van der Waals surface area contributed by atoms with Crippen LogP contribution in [0.4, 0.5) is 19.0 Å². The van der Waals surface area contributed by atoms with Crippen LogP contribution in [0.1, 0.15) is 18.5 Å². The Morgan fingerprint density at radius 1 is 1.46 bits per heavy atom. The monoisotopic (exact) mass is 402 g/mol. The van der Waals surface area contributed by atoms with Gasteiger partial charge in [0.2, 0.25) is 0 Å². The number of carbonyl (C=O) groups excluding carboxylic acids is 1. The van der Waals surface area contributed by atoms with Gasteiger partial charge in [0.05, 0.1) is 0 Å². The van der Waals surface area contributed by atoms with Crippen molar-refractivity contribution in [3.8, 4) is 11.8 Å². The van der Waals surface area contributed by atoms with Crippen molar-refractivity contribution >= 4 is 36.7 Å². The van der Waals surface area contributed by atoms with Crippen molar-refractivity contribution in [2.75, 3.05) is 12.3 Å². The predicted octanol–water partition coefficient (Wildman–Crippen LogP) is 0.643. The van der Waals surface area contributed by atoms with Crippen LogP contribution in [0.2, 0.25) is 0 Å². The van der Waals surface area contributed by atoms with Gasteiger partial charge in [-0.3, -0.25) is 0 Å². The third kappa shape index (κ3) is 3.83. The van der Waals surface area contributed by atoms with E-state index < -0.39 is 20.0 Å². The Morgan fingerprint density at radius 2 is 2.21 bits per heavy atom. The van der Waals surface area contributed by atoms with Crippen molar-refractivity contribution in [3.05, 3.63) is 23.9 Å². The number of anilines is 1. The molecule has 126 valence electrons. The van der Waals surface area contributed by atoms with E-state index in [0.717, 1.165) is 12.8 Å². The number of alkyl halides is 3. The molecule has 1 amide bonds. The van der Waals surface area contributed by atoms with Crippen molar-refractivity contribution in [1.82, 2.24) is 14.9 Å². The summed E-state index contributed by atoms with van der Waals surface area (Å²) in [6, 6.07) is 4.67. The van der Waals surface area contributed by atoms with Crippen LogP contribution < -0.4 is 15.5 Å². The Labute approximate surface area is 141 Å². The Hall–Kier alpha value is -2.17. The zero-order chi connectivity index (χ0) is 17.3. The van der Waals surface area contributed by atoms with Gasteiger partial charge in [0.1, 0.15) is 0 Å². The van der Waals surface area contributed by atoms with Crippen LogP contribution in [0.25, 0.3) is 5.52 Å². The minimum atomic E-state index is -4.32. The van der Waals surface area contributed by atoms with E-state index in [1.807, 2.05) is 0 Å². The van der Waals surface area contributed by atoms with Gasteiger partial charge >= 0.3 is 141 Å². The van der Waals surface area contributed by atoms with E-state index in [1.54, 1.807) is 12.1 Å². The van der Waals surface area contributed by atoms with Gasteiger partial charge in [-0.25, -0.2) is 0 Å². The van der Waals surface area contributed by atoms with Gasteiger partial charge in [-0.1, -0.05) is 0 Å². The Morgan fingerprint density at radius 3 is 2.88 bits per heavy atom.